The molecule has 3 aromatic heterocycles. The van der Waals surface area contributed by atoms with Crippen LogP contribution in [0.5, 0.6) is 0 Å². The molecule has 0 atom stereocenters. The molecule has 0 unspecified atom stereocenters. The van der Waals surface area contributed by atoms with Gasteiger partial charge in [-0.2, -0.15) is 0 Å². The number of furan rings is 1. The topological polar surface area (TPSA) is 23.0 Å². The first-order chi connectivity index (χ1) is 28.3. The third kappa shape index (κ3) is 4.20. The molecule has 0 aliphatic carbocycles. The largest absolute Gasteiger partial charge is 0.455 e. The molecule has 0 aliphatic rings. The van der Waals surface area contributed by atoms with Gasteiger partial charge in [-0.25, -0.2) is 0 Å². The summed E-state index contributed by atoms with van der Waals surface area (Å²) < 4.78 is 11.9. The quantitative estimate of drug-likeness (QED) is 0.166. The number of benzene rings is 10. The van der Waals surface area contributed by atoms with Gasteiger partial charge in [0.05, 0.1) is 32.8 Å². The van der Waals surface area contributed by atoms with Gasteiger partial charge in [0.2, 0.25) is 0 Å². The molecule has 0 amide bonds. The first-order valence-corrected chi connectivity index (χ1v) is 19.6. The Morgan fingerprint density at radius 1 is 0.263 bits per heavy atom. The first-order valence-electron chi connectivity index (χ1n) is 19.6. The van der Waals surface area contributed by atoms with Crippen LogP contribution in [-0.2, 0) is 0 Å². The molecule has 57 heavy (non-hydrogen) atoms. The maximum atomic E-state index is 7.17. The number of hydrogen-bond acceptors (Lipinski definition) is 1. The highest BCUT2D eigenvalue weighted by molar-refractivity contribution is 6.29. The van der Waals surface area contributed by atoms with E-state index in [1.807, 2.05) is 0 Å². The highest BCUT2D eigenvalue weighted by atomic mass is 16.3. The van der Waals surface area contributed by atoms with Crippen LogP contribution in [0.25, 0.3) is 120 Å². The van der Waals surface area contributed by atoms with Gasteiger partial charge in [-0.1, -0.05) is 127 Å². The standard InChI is InChI=1S/C54H32N2O/c1-2-14-35(15-3-1)55-47-23-10-8-21-44(47)51-49(55)29-27-42-43-28-30-50-52(54(43)57-53(42)51)45-22-9-11-24-48(45)56(50)36-16-12-13-33(31-36)34-25-26-41-39-19-5-4-17-37(39)38-18-6-7-20-40(38)46(41)32-34/h1-32H. The summed E-state index contributed by atoms with van der Waals surface area (Å²) in [5, 5.41) is 14.6. The molecule has 3 nitrogen and oxygen atoms in total. The molecule has 0 N–H and O–H groups in total. The Bertz CT molecular complexity index is 3770. The molecule has 0 saturated carbocycles. The van der Waals surface area contributed by atoms with Crippen molar-refractivity contribution in [1.82, 2.24) is 9.13 Å². The summed E-state index contributed by atoms with van der Waals surface area (Å²) in [6.07, 6.45) is 0. The van der Waals surface area contributed by atoms with Crippen LogP contribution in [0.1, 0.15) is 0 Å². The molecule has 10 aromatic carbocycles. The summed E-state index contributed by atoms with van der Waals surface area (Å²) in [5.41, 5.74) is 11.1. The fraction of sp³-hybridized carbons (Fsp3) is 0. The Kier molecular flexibility index (Phi) is 6.16. The van der Waals surface area contributed by atoms with E-state index in [0.717, 1.165) is 60.6 Å². The zero-order valence-electron chi connectivity index (χ0n) is 30.8. The van der Waals surface area contributed by atoms with Crippen molar-refractivity contribution in [3.05, 3.63) is 194 Å². The third-order valence-electron chi connectivity index (χ3n) is 12.3. The average molecular weight is 725 g/mol. The molecular formula is C54H32N2O. The average Bonchev–Trinajstić information content (AvgIpc) is 3.94. The number of para-hydroxylation sites is 3. The summed E-state index contributed by atoms with van der Waals surface area (Å²) in [6, 6.07) is 70.6. The molecule has 264 valence electrons. The van der Waals surface area contributed by atoms with E-state index in [2.05, 4.69) is 203 Å². The predicted molar refractivity (Wildman–Crippen MR) is 240 cm³/mol. The van der Waals surface area contributed by atoms with E-state index in [0.29, 0.717) is 0 Å². The molecule has 0 saturated heterocycles. The molecule has 0 radical (unpaired) electrons. The van der Waals surface area contributed by atoms with Crippen LogP contribution >= 0.6 is 0 Å². The monoisotopic (exact) mass is 724 g/mol. The van der Waals surface area contributed by atoms with Crippen molar-refractivity contribution in [2.24, 2.45) is 0 Å². The Balaban J connectivity index is 1.04. The van der Waals surface area contributed by atoms with E-state index in [9.17, 15) is 0 Å². The second-order valence-corrected chi connectivity index (χ2v) is 15.2. The molecule has 0 aliphatic heterocycles. The highest BCUT2D eigenvalue weighted by Crippen LogP contribution is 2.45. The van der Waals surface area contributed by atoms with Crippen molar-refractivity contribution in [2.75, 3.05) is 0 Å². The maximum absolute atomic E-state index is 7.17. The van der Waals surface area contributed by atoms with E-state index in [1.165, 1.54) is 59.7 Å². The number of aromatic nitrogens is 2. The predicted octanol–water partition coefficient (Wildman–Crippen LogP) is 14.9. The van der Waals surface area contributed by atoms with Gasteiger partial charge < -0.3 is 13.6 Å². The van der Waals surface area contributed by atoms with E-state index in [1.54, 1.807) is 0 Å². The summed E-state index contributed by atoms with van der Waals surface area (Å²) in [5.74, 6) is 0. The van der Waals surface area contributed by atoms with Crippen LogP contribution in [0.3, 0.4) is 0 Å². The van der Waals surface area contributed by atoms with Crippen LogP contribution in [0.4, 0.5) is 0 Å². The van der Waals surface area contributed by atoms with Crippen molar-refractivity contribution in [3.63, 3.8) is 0 Å². The van der Waals surface area contributed by atoms with Gasteiger partial charge in [-0.15, -0.1) is 0 Å². The van der Waals surface area contributed by atoms with E-state index in [-0.39, 0.29) is 0 Å². The second kappa shape index (κ2) is 11.5. The summed E-state index contributed by atoms with van der Waals surface area (Å²) in [7, 11) is 0. The van der Waals surface area contributed by atoms with Gasteiger partial charge in [-0.05, 0) is 110 Å². The van der Waals surface area contributed by atoms with Gasteiger partial charge in [0.25, 0.3) is 0 Å². The number of nitrogens with zero attached hydrogens (tertiary/aromatic N) is 2. The van der Waals surface area contributed by atoms with Crippen molar-refractivity contribution in [2.45, 2.75) is 0 Å². The number of fused-ring (bicyclic) bond motifs is 17. The lowest BCUT2D eigenvalue weighted by Crippen LogP contribution is -1.94. The minimum Gasteiger partial charge on any atom is -0.455 e. The van der Waals surface area contributed by atoms with Crippen molar-refractivity contribution >= 4 is 97.9 Å². The minimum atomic E-state index is 0.922. The summed E-state index contributed by atoms with van der Waals surface area (Å²) >= 11 is 0. The lowest BCUT2D eigenvalue weighted by molar-refractivity contribution is 0.677. The molecule has 0 spiro atoms. The SMILES string of the molecule is c1ccc(-n2c3ccccc3c3c4oc5c(ccc6c5c5ccccc5n6-c5cccc(-c6ccc7c8ccccc8c8ccccc8c7c6)c5)c4ccc32)cc1. The van der Waals surface area contributed by atoms with Crippen LogP contribution < -0.4 is 0 Å². The summed E-state index contributed by atoms with van der Waals surface area (Å²) in [4.78, 5) is 0. The zero-order valence-corrected chi connectivity index (χ0v) is 30.8. The van der Waals surface area contributed by atoms with Gasteiger partial charge in [0, 0.05) is 32.9 Å². The summed E-state index contributed by atoms with van der Waals surface area (Å²) in [6.45, 7) is 0. The molecular weight excluding hydrogens is 693 g/mol. The van der Waals surface area contributed by atoms with Gasteiger partial charge in [0.1, 0.15) is 11.2 Å². The van der Waals surface area contributed by atoms with Gasteiger partial charge >= 0.3 is 0 Å². The third-order valence-corrected chi connectivity index (χ3v) is 12.3. The van der Waals surface area contributed by atoms with E-state index in [4.69, 9.17) is 4.42 Å². The first kappa shape index (κ1) is 30.7. The van der Waals surface area contributed by atoms with Crippen LogP contribution in [0.2, 0.25) is 0 Å². The van der Waals surface area contributed by atoms with Crippen molar-refractivity contribution in [3.8, 4) is 22.5 Å². The lowest BCUT2D eigenvalue weighted by atomic mass is 9.92. The van der Waals surface area contributed by atoms with Crippen molar-refractivity contribution in [1.29, 1.82) is 0 Å². The van der Waals surface area contributed by atoms with Gasteiger partial charge in [-0.3, -0.25) is 0 Å². The fourth-order valence-corrected chi connectivity index (χ4v) is 9.84. The lowest BCUT2D eigenvalue weighted by Gasteiger charge is -2.13. The minimum absolute atomic E-state index is 0.922. The second-order valence-electron chi connectivity index (χ2n) is 15.2. The number of hydrogen-bond donors (Lipinski definition) is 0. The van der Waals surface area contributed by atoms with Crippen LogP contribution in [0, 0.1) is 0 Å². The van der Waals surface area contributed by atoms with Crippen LogP contribution in [0.15, 0.2) is 199 Å². The maximum Gasteiger partial charge on any atom is 0.145 e. The molecule has 3 heterocycles. The molecule has 13 aromatic rings. The van der Waals surface area contributed by atoms with Gasteiger partial charge in [0.15, 0.2) is 0 Å². The normalized spacial score (nSPS) is 12.2. The number of rotatable bonds is 3. The fourth-order valence-electron chi connectivity index (χ4n) is 9.84. The molecule has 13 rings (SSSR count). The molecule has 3 heteroatoms. The molecule has 0 fully saturated rings. The smallest absolute Gasteiger partial charge is 0.145 e. The Hall–Kier alpha value is -7.62. The Morgan fingerprint density at radius 3 is 1.30 bits per heavy atom. The van der Waals surface area contributed by atoms with E-state index < -0.39 is 0 Å². The zero-order chi connectivity index (χ0) is 37.2. The Morgan fingerprint density at radius 2 is 0.702 bits per heavy atom. The highest BCUT2D eigenvalue weighted by Gasteiger charge is 2.22. The molecule has 0 bridgehead atoms. The van der Waals surface area contributed by atoms with Crippen LogP contribution in [-0.4, -0.2) is 9.13 Å². The van der Waals surface area contributed by atoms with E-state index >= 15 is 0 Å². The Labute approximate surface area is 326 Å². The van der Waals surface area contributed by atoms with Crippen molar-refractivity contribution < 1.29 is 4.42 Å².